The topological polar surface area (TPSA) is 27.7 Å². The molecule has 3 nitrogen and oxygen atoms in total. The van der Waals surface area contributed by atoms with Crippen LogP contribution in [-0.2, 0) is 13.9 Å². The first-order chi connectivity index (χ1) is 15.4. The molecular formula is C28H60O3SiSn. The van der Waals surface area contributed by atoms with E-state index < -0.39 is 32.5 Å². The first kappa shape index (κ1) is 31.9. The monoisotopic (exact) mass is 592 g/mol. The number of unbranched alkanes of at least 4 members (excludes halogenated alkanes) is 3. The summed E-state index contributed by atoms with van der Waals surface area (Å²) in [6.07, 6.45) is 9.31. The quantitative estimate of drug-likeness (QED) is 0.167. The van der Waals surface area contributed by atoms with Crippen LogP contribution in [0.25, 0.3) is 0 Å². The van der Waals surface area contributed by atoms with Gasteiger partial charge >= 0.3 is 214 Å². The van der Waals surface area contributed by atoms with Gasteiger partial charge in [-0.3, -0.25) is 0 Å². The fraction of sp³-hybridized carbons (Fsp3) is 1.00. The van der Waals surface area contributed by atoms with E-state index in [0.717, 1.165) is 13.0 Å². The summed E-state index contributed by atoms with van der Waals surface area (Å²) in [7, 11) is -1.89. The third-order valence-corrected chi connectivity index (χ3v) is 30.9. The zero-order valence-corrected chi connectivity index (χ0v) is 28.2. The molecule has 0 spiro atoms. The van der Waals surface area contributed by atoms with Crippen molar-refractivity contribution in [2.75, 3.05) is 6.61 Å². The molecule has 198 valence electrons. The summed E-state index contributed by atoms with van der Waals surface area (Å²) in [6.45, 7) is 26.4. The van der Waals surface area contributed by atoms with E-state index in [-0.39, 0.29) is 6.10 Å². The molecule has 0 bridgehead atoms. The van der Waals surface area contributed by atoms with Crippen LogP contribution in [0.3, 0.4) is 0 Å². The van der Waals surface area contributed by atoms with Crippen LogP contribution in [-0.4, -0.2) is 49.3 Å². The Bertz CT molecular complexity index is 492. The molecule has 0 aromatic rings. The fourth-order valence-corrected chi connectivity index (χ4v) is 29.9. The van der Waals surface area contributed by atoms with Crippen LogP contribution in [0.4, 0.5) is 0 Å². The second-order valence-corrected chi connectivity index (χ2v) is 31.6. The van der Waals surface area contributed by atoms with Gasteiger partial charge in [-0.15, -0.1) is 0 Å². The molecule has 1 saturated heterocycles. The Kier molecular flexibility index (Phi) is 14.1. The number of hydrogen-bond donors (Lipinski definition) is 0. The van der Waals surface area contributed by atoms with Gasteiger partial charge in [0, 0.05) is 0 Å². The fourth-order valence-electron chi connectivity index (χ4n) is 6.77. The maximum absolute atomic E-state index is 7.03. The molecule has 1 rings (SSSR count). The van der Waals surface area contributed by atoms with Gasteiger partial charge in [-0.1, -0.05) is 0 Å². The van der Waals surface area contributed by atoms with Crippen molar-refractivity contribution in [3.05, 3.63) is 0 Å². The van der Waals surface area contributed by atoms with Crippen molar-refractivity contribution in [3.8, 4) is 0 Å². The second kappa shape index (κ2) is 14.6. The van der Waals surface area contributed by atoms with E-state index in [1.807, 2.05) is 0 Å². The average Bonchev–Trinajstić information content (AvgIpc) is 2.72. The summed E-state index contributed by atoms with van der Waals surface area (Å²) in [4.78, 5) is 0. The van der Waals surface area contributed by atoms with E-state index in [9.17, 15) is 0 Å². The van der Waals surface area contributed by atoms with Gasteiger partial charge in [0.05, 0.1) is 0 Å². The SMILES string of the molecule is CCC[CH2][Sn]([CH2]CCC)([CH2]CCC)[C@@H]1C[C@@H](CO[Si](C(C)C)(C(C)C)C(C)C)OC(C)(C)O1. The molecule has 2 atom stereocenters. The van der Waals surface area contributed by atoms with E-state index in [4.69, 9.17) is 13.9 Å². The summed E-state index contributed by atoms with van der Waals surface area (Å²) in [6, 6.07) is 0. The standard InChI is InChI=1S/C16H33O3Si.3C4H9.Sn/c1-12(2)20(13(3)4,14(5)6)18-11-15-9-10-17-16(7,8)19-15;3*1-3-4-2;/h10,12-15H,9,11H2,1-8H3;3*1,3-4H2,2H3;/t15-;;;;/m0..../s1. The van der Waals surface area contributed by atoms with Crippen LogP contribution in [0.5, 0.6) is 0 Å². The molecule has 1 aliphatic rings. The van der Waals surface area contributed by atoms with Gasteiger partial charge in [-0.25, -0.2) is 0 Å². The van der Waals surface area contributed by atoms with Gasteiger partial charge < -0.3 is 0 Å². The minimum atomic E-state index is -2.52. The predicted molar refractivity (Wildman–Crippen MR) is 150 cm³/mol. The van der Waals surface area contributed by atoms with E-state index in [0.29, 0.717) is 20.7 Å². The molecule has 0 amide bonds. The Morgan fingerprint density at radius 1 is 0.788 bits per heavy atom. The van der Waals surface area contributed by atoms with Crippen LogP contribution in [0.2, 0.25) is 29.9 Å². The first-order valence-electron chi connectivity index (χ1n) is 14.4. The third-order valence-electron chi connectivity index (χ3n) is 8.35. The molecule has 33 heavy (non-hydrogen) atoms. The normalized spacial score (nSPS) is 22.0. The summed E-state index contributed by atoms with van der Waals surface area (Å²) in [5.74, 6) is -0.499. The molecule has 0 radical (unpaired) electrons. The first-order valence-corrected chi connectivity index (χ1v) is 24.2. The van der Waals surface area contributed by atoms with Gasteiger partial charge in [0.25, 0.3) is 0 Å². The summed E-state index contributed by atoms with van der Waals surface area (Å²) in [5, 5.41) is 0. The Balaban J connectivity index is 3.19. The molecule has 0 aromatic heterocycles. The predicted octanol–water partition coefficient (Wildman–Crippen LogP) is 9.48. The minimum absolute atomic E-state index is 0.169. The van der Waals surface area contributed by atoms with Crippen LogP contribution in [0.1, 0.15) is 121 Å². The Hall–Kier alpha value is 0.896. The number of rotatable bonds is 16. The van der Waals surface area contributed by atoms with Crippen LogP contribution < -0.4 is 0 Å². The number of ether oxygens (including phenoxy) is 2. The third kappa shape index (κ3) is 8.75. The van der Waals surface area contributed by atoms with Gasteiger partial charge in [-0.05, 0) is 0 Å². The summed E-state index contributed by atoms with van der Waals surface area (Å²) < 4.78 is 25.4. The Morgan fingerprint density at radius 3 is 1.58 bits per heavy atom. The Morgan fingerprint density at radius 2 is 1.21 bits per heavy atom. The van der Waals surface area contributed by atoms with Crippen molar-refractivity contribution in [3.63, 3.8) is 0 Å². The molecule has 1 aliphatic heterocycles. The molecular weight excluding hydrogens is 531 g/mol. The van der Waals surface area contributed by atoms with Crippen LogP contribution >= 0.6 is 0 Å². The van der Waals surface area contributed by atoms with Crippen molar-refractivity contribution in [2.45, 2.75) is 167 Å². The van der Waals surface area contributed by atoms with Gasteiger partial charge in [-0.2, -0.15) is 0 Å². The molecule has 0 N–H and O–H groups in total. The maximum atomic E-state index is 7.03. The van der Waals surface area contributed by atoms with Crippen LogP contribution in [0, 0.1) is 0 Å². The van der Waals surface area contributed by atoms with Crippen molar-refractivity contribution in [1.29, 1.82) is 0 Å². The Labute approximate surface area is 213 Å². The molecule has 0 unspecified atom stereocenters. The molecule has 1 heterocycles. The number of hydrogen-bond acceptors (Lipinski definition) is 3. The molecule has 1 fully saturated rings. The van der Waals surface area contributed by atoms with Crippen molar-refractivity contribution < 1.29 is 13.9 Å². The van der Waals surface area contributed by atoms with Crippen LogP contribution in [0.15, 0.2) is 0 Å². The molecule has 0 saturated carbocycles. The van der Waals surface area contributed by atoms with Gasteiger partial charge in [0.1, 0.15) is 0 Å². The zero-order valence-electron chi connectivity index (χ0n) is 24.4. The van der Waals surface area contributed by atoms with E-state index >= 15 is 0 Å². The zero-order chi connectivity index (χ0) is 25.3. The van der Waals surface area contributed by atoms with E-state index in [2.05, 4.69) is 76.2 Å². The van der Waals surface area contributed by atoms with E-state index in [1.54, 1.807) is 0 Å². The molecule has 0 aliphatic carbocycles. The van der Waals surface area contributed by atoms with Crippen molar-refractivity contribution >= 4 is 26.7 Å². The van der Waals surface area contributed by atoms with Crippen molar-refractivity contribution in [1.82, 2.24) is 0 Å². The van der Waals surface area contributed by atoms with E-state index in [1.165, 1.54) is 51.8 Å². The average molecular weight is 592 g/mol. The van der Waals surface area contributed by atoms with Gasteiger partial charge in [0.15, 0.2) is 0 Å². The summed E-state index contributed by atoms with van der Waals surface area (Å²) in [5.41, 5.74) is 1.83. The van der Waals surface area contributed by atoms with Gasteiger partial charge in [0.2, 0.25) is 0 Å². The van der Waals surface area contributed by atoms with Crippen molar-refractivity contribution in [2.24, 2.45) is 0 Å². The molecule has 5 heteroatoms. The molecule has 0 aromatic carbocycles. The second-order valence-electron chi connectivity index (χ2n) is 12.3. The summed E-state index contributed by atoms with van der Waals surface area (Å²) >= 11 is -2.52.